The molecule has 1 aromatic rings. The molecule has 1 fully saturated rings. The Balaban J connectivity index is 2.17. The molecule has 4 heteroatoms. The fourth-order valence-corrected chi connectivity index (χ4v) is 2.69. The third kappa shape index (κ3) is 2.96. The molecular weight excluding hydrogens is 248 g/mol. The van der Waals surface area contributed by atoms with Crippen molar-refractivity contribution in [2.45, 2.75) is 38.6 Å². The summed E-state index contributed by atoms with van der Waals surface area (Å²) in [4.78, 5) is 11.2. The molecule has 1 saturated carbocycles. The molecule has 18 heavy (non-hydrogen) atoms. The zero-order valence-electron chi connectivity index (χ0n) is 10.6. The predicted octanol–water partition coefficient (Wildman–Crippen LogP) is 3.43. The smallest absolute Gasteiger partial charge is 0.248 e. The van der Waals surface area contributed by atoms with E-state index in [0.29, 0.717) is 22.5 Å². The Hall–Kier alpha value is -1.22. The molecule has 3 N–H and O–H groups in total. The van der Waals surface area contributed by atoms with Crippen LogP contribution in [-0.4, -0.2) is 11.9 Å². The van der Waals surface area contributed by atoms with Gasteiger partial charge >= 0.3 is 0 Å². The van der Waals surface area contributed by atoms with E-state index in [1.807, 2.05) is 0 Å². The summed E-state index contributed by atoms with van der Waals surface area (Å²) in [5.41, 5.74) is 6.59. The number of nitrogens with one attached hydrogen (secondary N) is 1. The highest BCUT2D eigenvalue weighted by Crippen LogP contribution is 2.30. The summed E-state index contributed by atoms with van der Waals surface area (Å²) in [6, 6.07) is 5.54. The molecule has 98 valence electrons. The SMILES string of the molecule is CC1CCCCC1Nc1cc(C(N)=O)ccc1Cl. The Morgan fingerprint density at radius 2 is 2.11 bits per heavy atom. The first-order valence-corrected chi connectivity index (χ1v) is 6.81. The van der Waals surface area contributed by atoms with Crippen LogP contribution in [-0.2, 0) is 0 Å². The van der Waals surface area contributed by atoms with Gasteiger partial charge < -0.3 is 11.1 Å². The minimum atomic E-state index is -0.425. The Kier molecular flexibility index (Phi) is 4.12. The summed E-state index contributed by atoms with van der Waals surface area (Å²) in [6.45, 7) is 2.25. The van der Waals surface area contributed by atoms with E-state index in [2.05, 4.69) is 12.2 Å². The van der Waals surface area contributed by atoms with E-state index in [1.165, 1.54) is 19.3 Å². The lowest BCUT2D eigenvalue weighted by Crippen LogP contribution is -2.30. The highest BCUT2D eigenvalue weighted by Gasteiger charge is 2.21. The van der Waals surface area contributed by atoms with E-state index < -0.39 is 5.91 Å². The number of amides is 1. The first-order chi connectivity index (χ1) is 8.58. The molecule has 1 aliphatic rings. The van der Waals surface area contributed by atoms with Gasteiger partial charge in [-0.3, -0.25) is 4.79 Å². The summed E-state index contributed by atoms with van der Waals surface area (Å²) in [7, 11) is 0. The molecule has 2 rings (SSSR count). The van der Waals surface area contributed by atoms with Crippen molar-refractivity contribution in [1.82, 2.24) is 0 Å². The van der Waals surface area contributed by atoms with Crippen molar-refractivity contribution >= 4 is 23.2 Å². The molecule has 2 unspecified atom stereocenters. The summed E-state index contributed by atoms with van der Waals surface area (Å²) in [5, 5.41) is 4.09. The Labute approximate surface area is 113 Å². The molecule has 0 saturated heterocycles. The number of anilines is 1. The van der Waals surface area contributed by atoms with Crippen LogP contribution in [0.5, 0.6) is 0 Å². The van der Waals surface area contributed by atoms with Crippen LogP contribution in [0.25, 0.3) is 0 Å². The maximum Gasteiger partial charge on any atom is 0.248 e. The summed E-state index contributed by atoms with van der Waals surface area (Å²) < 4.78 is 0. The zero-order valence-corrected chi connectivity index (χ0v) is 11.3. The third-order valence-electron chi connectivity index (χ3n) is 3.70. The standard InChI is InChI=1S/C14H19ClN2O/c1-9-4-2-3-5-12(9)17-13-8-10(14(16)18)6-7-11(13)15/h6-9,12,17H,2-5H2,1H3,(H2,16,18). The number of halogens is 1. The van der Waals surface area contributed by atoms with Crippen molar-refractivity contribution in [2.75, 3.05) is 5.32 Å². The number of rotatable bonds is 3. The van der Waals surface area contributed by atoms with Crippen molar-refractivity contribution in [3.05, 3.63) is 28.8 Å². The van der Waals surface area contributed by atoms with Gasteiger partial charge in [-0.2, -0.15) is 0 Å². The van der Waals surface area contributed by atoms with Gasteiger partial charge in [-0.25, -0.2) is 0 Å². The Bertz CT molecular complexity index is 447. The second kappa shape index (κ2) is 5.61. The van der Waals surface area contributed by atoms with E-state index in [4.69, 9.17) is 17.3 Å². The zero-order chi connectivity index (χ0) is 13.1. The van der Waals surface area contributed by atoms with Gasteiger partial charge in [0.05, 0.1) is 10.7 Å². The van der Waals surface area contributed by atoms with Crippen molar-refractivity contribution in [2.24, 2.45) is 11.7 Å². The van der Waals surface area contributed by atoms with Gasteiger partial charge in [0.25, 0.3) is 0 Å². The van der Waals surface area contributed by atoms with Gasteiger partial charge in [0, 0.05) is 11.6 Å². The molecule has 0 heterocycles. The highest BCUT2D eigenvalue weighted by atomic mass is 35.5. The van der Waals surface area contributed by atoms with E-state index >= 15 is 0 Å². The maximum atomic E-state index is 11.2. The van der Waals surface area contributed by atoms with Crippen molar-refractivity contribution < 1.29 is 4.79 Å². The largest absolute Gasteiger partial charge is 0.381 e. The molecule has 0 bridgehead atoms. The number of hydrogen-bond donors (Lipinski definition) is 2. The van der Waals surface area contributed by atoms with Gasteiger partial charge in [0.2, 0.25) is 5.91 Å². The van der Waals surface area contributed by atoms with Gasteiger partial charge in [0.15, 0.2) is 0 Å². The molecule has 0 aliphatic heterocycles. The van der Waals surface area contributed by atoms with Crippen molar-refractivity contribution in [3.63, 3.8) is 0 Å². The second-order valence-electron chi connectivity index (χ2n) is 5.07. The molecule has 1 aromatic carbocycles. The number of carbonyl (C=O) groups is 1. The van der Waals surface area contributed by atoms with Crippen LogP contribution in [0.3, 0.4) is 0 Å². The maximum absolute atomic E-state index is 11.2. The average molecular weight is 267 g/mol. The predicted molar refractivity (Wildman–Crippen MR) is 75.0 cm³/mol. The Morgan fingerprint density at radius 1 is 1.39 bits per heavy atom. The number of carbonyl (C=O) groups excluding carboxylic acids is 1. The fourth-order valence-electron chi connectivity index (χ4n) is 2.52. The number of hydrogen-bond acceptors (Lipinski definition) is 2. The van der Waals surface area contributed by atoms with Crippen LogP contribution < -0.4 is 11.1 Å². The fraction of sp³-hybridized carbons (Fsp3) is 0.500. The van der Waals surface area contributed by atoms with Crippen LogP contribution in [0.1, 0.15) is 43.0 Å². The first-order valence-electron chi connectivity index (χ1n) is 6.44. The summed E-state index contributed by atoms with van der Waals surface area (Å²) >= 11 is 6.15. The average Bonchev–Trinajstić information content (AvgIpc) is 2.34. The lowest BCUT2D eigenvalue weighted by atomic mass is 9.86. The topological polar surface area (TPSA) is 55.1 Å². The molecule has 1 amide bonds. The van der Waals surface area contributed by atoms with Crippen LogP contribution in [0.2, 0.25) is 5.02 Å². The van der Waals surface area contributed by atoms with Crippen LogP contribution in [0.4, 0.5) is 5.69 Å². The third-order valence-corrected chi connectivity index (χ3v) is 4.03. The normalized spacial score (nSPS) is 23.7. The van der Waals surface area contributed by atoms with Gasteiger partial charge in [-0.1, -0.05) is 31.4 Å². The molecule has 3 nitrogen and oxygen atoms in total. The van der Waals surface area contributed by atoms with E-state index in [0.717, 1.165) is 12.1 Å². The van der Waals surface area contributed by atoms with Crippen LogP contribution in [0, 0.1) is 5.92 Å². The summed E-state index contributed by atoms with van der Waals surface area (Å²) in [5.74, 6) is 0.207. The van der Waals surface area contributed by atoms with Gasteiger partial charge in [0.1, 0.15) is 0 Å². The molecule has 0 spiro atoms. The first kappa shape index (κ1) is 13.2. The minimum absolute atomic E-state index is 0.425. The van der Waals surface area contributed by atoms with E-state index in [1.54, 1.807) is 18.2 Å². The van der Waals surface area contributed by atoms with Crippen LogP contribution in [0.15, 0.2) is 18.2 Å². The summed E-state index contributed by atoms with van der Waals surface area (Å²) in [6.07, 6.45) is 4.94. The molecule has 1 aliphatic carbocycles. The highest BCUT2D eigenvalue weighted by molar-refractivity contribution is 6.33. The number of benzene rings is 1. The second-order valence-corrected chi connectivity index (χ2v) is 5.48. The van der Waals surface area contributed by atoms with Crippen LogP contribution >= 0.6 is 11.6 Å². The van der Waals surface area contributed by atoms with E-state index in [9.17, 15) is 4.79 Å². The number of primary amides is 1. The monoisotopic (exact) mass is 266 g/mol. The quantitative estimate of drug-likeness (QED) is 0.881. The lowest BCUT2D eigenvalue weighted by molar-refractivity contribution is 0.100. The molecular formula is C14H19ClN2O. The van der Waals surface area contributed by atoms with Gasteiger partial charge in [-0.15, -0.1) is 0 Å². The Morgan fingerprint density at radius 3 is 2.78 bits per heavy atom. The van der Waals surface area contributed by atoms with Crippen molar-refractivity contribution in [3.8, 4) is 0 Å². The van der Waals surface area contributed by atoms with E-state index in [-0.39, 0.29) is 0 Å². The van der Waals surface area contributed by atoms with Gasteiger partial charge in [-0.05, 0) is 37.0 Å². The molecule has 0 aromatic heterocycles. The molecule has 2 atom stereocenters. The lowest BCUT2D eigenvalue weighted by Gasteiger charge is -2.30. The van der Waals surface area contributed by atoms with Crippen molar-refractivity contribution in [1.29, 1.82) is 0 Å². The number of nitrogens with two attached hydrogens (primary N) is 1. The molecule has 0 radical (unpaired) electrons. The minimum Gasteiger partial charge on any atom is -0.381 e.